The molecule has 5 heteroatoms. The largest absolute Gasteiger partial charge is 0.468 e. The van der Waals surface area contributed by atoms with Crippen LogP contribution in [0, 0.1) is 13.8 Å². The minimum atomic E-state index is -0.202. The Morgan fingerprint density at radius 2 is 2.10 bits per heavy atom. The number of aromatic nitrogens is 1. The van der Waals surface area contributed by atoms with E-state index in [-0.39, 0.29) is 16.8 Å². The van der Waals surface area contributed by atoms with Crippen molar-refractivity contribution in [2.24, 2.45) is 0 Å². The second-order valence-electron chi connectivity index (χ2n) is 5.08. The van der Waals surface area contributed by atoms with Crippen LogP contribution in [-0.2, 0) is 5.75 Å². The number of aromatic amines is 1. The summed E-state index contributed by atoms with van der Waals surface area (Å²) in [5.74, 6) is 1.50. The second-order valence-corrected chi connectivity index (χ2v) is 6.41. The van der Waals surface area contributed by atoms with Gasteiger partial charge in [-0.15, -0.1) is 11.8 Å². The van der Waals surface area contributed by atoms with Gasteiger partial charge in [-0.2, -0.15) is 0 Å². The fraction of sp³-hybridized carbons (Fsp3) is 0.375. The van der Waals surface area contributed by atoms with E-state index in [9.17, 15) is 9.59 Å². The van der Waals surface area contributed by atoms with Crippen molar-refractivity contribution in [2.75, 3.05) is 0 Å². The lowest BCUT2D eigenvalue weighted by atomic mass is 10.0. The van der Waals surface area contributed by atoms with E-state index < -0.39 is 0 Å². The Morgan fingerprint density at radius 3 is 2.62 bits per heavy atom. The van der Waals surface area contributed by atoms with Gasteiger partial charge in [-0.05, 0) is 45.4 Å². The van der Waals surface area contributed by atoms with Crippen molar-refractivity contribution in [2.45, 2.75) is 38.7 Å². The molecule has 1 atom stereocenters. The number of aryl methyl sites for hydroxylation is 1. The lowest BCUT2D eigenvalue weighted by molar-refractivity contribution is 0.0988. The van der Waals surface area contributed by atoms with Gasteiger partial charge in [0, 0.05) is 11.3 Å². The first-order chi connectivity index (χ1) is 9.91. The zero-order valence-electron chi connectivity index (χ0n) is 12.6. The molecule has 2 rings (SSSR count). The van der Waals surface area contributed by atoms with Gasteiger partial charge < -0.3 is 9.40 Å². The molecule has 0 bridgehead atoms. The highest BCUT2D eigenvalue weighted by Crippen LogP contribution is 2.25. The average Bonchev–Trinajstić information content (AvgIpc) is 3.03. The molecule has 2 aromatic heterocycles. The van der Waals surface area contributed by atoms with Crippen LogP contribution in [0.1, 0.15) is 51.7 Å². The van der Waals surface area contributed by atoms with Crippen molar-refractivity contribution in [3.63, 3.8) is 0 Å². The summed E-state index contributed by atoms with van der Waals surface area (Å²) >= 11 is 1.52. The molecule has 2 aromatic rings. The minimum Gasteiger partial charge on any atom is -0.468 e. The maximum absolute atomic E-state index is 12.5. The normalized spacial score (nSPS) is 12.4. The summed E-state index contributed by atoms with van der Waals surface area (Å²) in [4.78, 5) is 27.2. The SMILES string of the molecule is CC(=O)c1c(C)[nH]c(C(=O)[C@H](C)SCc2ccco2)c1C. The fourth-order valence-electron chi connectivity index (χ4n) is 2.41. The highest BCUT2D eigenvalue weighted by molar-refractivity contribution is 7.99. The topological polar surface area (TPSA) is 63.1 Å². The monoisotopic (exact) mass is 305 g/mol. The predicted molar refractivity (Wildman–Crippen MR) is 84.1 cm³/mol. The third-order valence-electron chi connectivity index (χ3n) is 3.46. The Balaban J connectivity index is 2.12. The van der Waals surface area contributed by atoms with E-state index in [1.807, 2.05) is 32.9 Å². The average molecular weight is 305 g/mol. The Hall–Kier alpha value is -1.75. The van der Waals surface area contributed by atoms with Gasteiger partial charge in [0.1, 0.15) is 5.76 Å². The van der Waals surface area contributed by atoms with Gasteiger partial charge in [-0.25, -0.2) is 0 Å². The number of rotatable bonds is 6. The number of nitrogens with one attached hydrogen (secondary N) is 1. The summed E-state index contributed by atoms with van der Waals surface area (Å²) in [6, 6.07) is 3.72. The van der Waals surface area contributed by atoms with E-state index in [0.717, 1.165) is 17.0 Å². The van der Waals surface area contributed by atoms with E-state index in [4.69, 9.17) is 4.42 Å². The van der Waals surface area contributed by atoms with Crippen LogP contribution in [0.4, 0.5) is 0 Å². The molecular weight excluding hydrogens is 286 g/mol. The van der Waals surface area contributed by atoms with Crippen molar-refractivity contribution in [3.8, 4) is 0 Å². The number of furan rings is 1. The summed E-state index contributed by atoms with van der Waals surface area (Å²) in [6.45, 7) is 7.03. The molecule has 0 aliphatic heterocycles. The van der Waals surface area contributed by atoms with Crippen molar-refractivity contribution in [1.82, 2.24) is 4.98 Å². The highest BCUT2D eigenvalue weighted by Gasteiger charge is 2.23. The molecule has 0 unspecified atom stereocenters. The van der Waals surface area contributed by atoms with Crippen molar-refractivity contribution in [3.05, 3.63) is 46.7 Å². The molecule has 21 heavy (non-hydrogen) atoms. The maximum atomic E-state index is 12.5. The first-order valence-corrected chi connectivity index (χ1v) is 7.85. The third-order valence-corrected chi connectivity index (χ3v) is 4.63. The molecule has 0 amide bonds. The molecule has 0 saturated carbocycles. The molecule has 0 aliphatic carbocycles. The zero-order valence-corrected chi connectivity index (χ0v) is 13.5. The molecule has 0 spiro atoms. The number of Topliss-reactive ketones (excluding diaryl/α,β-unsaturated/α-hetero) is 2. The minimum absolute atomic E-state index is 0.0136. The number of carbonyl (C=O) groups is 2. The van der Waals surface area contributed by atoms with Crippen LogP contribution in [-0.4, -0.2) is 21.8 Å². The number of hydrogen-bond acceptors (Lipinski definition) is 4. The summed E-state index contributed by atoms with van der Waals surface area (Å²) in [5.41, 5.74) is 2.67. The van der Waals surface area contributed by atoms with Gasteiger partial charge in [0.25, 0.3) is 0 Å². The van der Waals surface area contributed by atoms with Gasteiger partial charge in [0.2, 0.25) is 0 Å². The van der Waals surface area contributed by atoms with E-state index in [2.05, 4.69) is 4.98 Å². The zero-order chi connectivity index (χ0) is 15.6. The number of thioether (sulfide) groups is 1. The molecule has 0 radical (unpaired) electrons. The third kappa shape index (κ3) is 3.29. The molecule has 1 N–H and O–H groups in total. The summed E-state index contributed by atoms with van der Waals surface area (Å²) in [5, 5.41) is -0.202. The van der Waals surface area contributed by atoms with Crippen LogP contribution in [0.5, 0.6) is 0 Å². The molecular formula is C16H19NO3S. The van der Waals surface area contributed by atoms with E-state index >= 15 is 0 Å². The fourth-order valence-corrected chi connectivity index (χ4v) is 3.25. The number of ketones is 2. The Morgan fingerprint density at radius 1 is 1.38 bits per heavy atom. The Bertz CT molecular complexity index is 655. The predicted octanol–water partition coefficient (Wildman–Crippen LogP) is 3.93. The van der Waals surface area contributed by atoms with Crippen LogP contribution >= 0.6 is 11.8 Å². The van der Waals surface area contributed by atoms with E-state index in [1.165, 1.54) is 18.7 Å². The standard InChI is InChI=1S/C16H19NO3S/c1-9-14(11(3)18)10(2)17-15(9)16(19)12(4)21-8-13-6-5-7-20-13/h5-7,12,17H,8H2,1-4H3/t12-/m0/s1. The van der Waals surface area contributed by atoms with Crippen LogP contribution in [0.25, 0.3) is 0 Å². The van der Waals surface area contributed by atoms with Crippen LogP contribution < -0.4 is 0 Å². The molecule has 0 fully saturated rings. The maximum Gasteiger partial charge on any atom is 0.191 e. The molecule has 4 nitrogen and oxygen atoms in total. The summed E-state index contributed by atoms with van der Waals surface area (Å²) in [7, 11) is 0. The molecule has 0 aromatic carbocycles. The first-order valence-electron chi connectivity index (χ1n) is 6.80. The van der Waals surface area contributed by atoms with Gasteiger partial charge in [0.15, 0.2) is 11.6 Å². The molecule has 112 valence electrons. The Kier molecular flexibility index (Phi) is 4.73. The molecule has 0 aliphatic rings. The van der Waals surface area contributed by atoms with Crippen LogP contribution in [0.15, 0.2) is 22.8 Å². The first kappa shape index (κ1) is 15.6. The van der Waals surface area contributed by atoms with Crippen molar-refractivity contribution >= 4 is 23.3 Å². The second kappa shape index (κ2) is 6.35. The lowest BCUT2D eigenvalue weighted by Gasteiger charge is -2.09. The quantitative estimate of drug-likeness (QED) is 0.821. The van der Waals surface area contributed by atoms with Crippen LogP contribution in [0.3, 0.4) is 0 Å². The van der Waals surface area contributed by atoms with Gasteiger partial charge in [0.05, 0.1) is 23.0 Å². The van der Waals surface area contributed by atoms with Crippen LogP contribution in [0.2, 0.25) is 0 Å². The summed E-state index contributed by atoms with van der Waals surface area (Å²) in [6.07, 6.45) is 1.62. The Labute approximate surface area is 128 Å². The number of H-pyrrole nitrogens is 1. The molecule has 2 heterocycles. The van der Waals surface area contributed by atoms with Crippen molar-refractivity contribution in [1.29, 1.82) is 0 Å². The molecule has 0 saturated heterocycles. The van der Waals surface area contributed by atoms with E-state index in [0.29, 0.717) is 17.0 Å². The highest BCUT2D eigenvalue weighted by atomic mass is 32.2. The van der Waals surface area contributed by atoms with Crippen molar-refractivity contribution < 1.29 is 14.0 Å². The number of carbonyl (C=O) groups excluding carboxylic acids is 2. The van der Waals surface area contributed by atoms with Gasteiger partial charge in [-0.3, -0.25) is 9.59 Å². The lowest BCUT2D eigenvalue weighted by Crippen LogP contribution is -2.15. The summed E-state index contributed by atoms with van der Waals surface area (Å²) < 4.78 is 5.26. The van der Waals surface area contributed by atoms with Gasteiger partial charge >= 0.3 is 0 Å². The smallest absolute Gasteiger partial charge is 0.191 e. The van der Waals surface area contributed by atoms with E-state index in [1.54, 1.807) is 6.26 Å². The van der Waals surface area contributed by atoms with Gasteiger partial charge in [-0.1, -0.05) is 0 Å². The number of hydrogen-bond donors (Lipinski definition) is 1.